The van der Waals surface area contributed by atoms with Gasteiger partial charge in [0.1, 0.15) is 11.6 Å². The molecule has 1 rings (SSSR count). The summed E-state index contributed by atoms with van der Waals surface area (Å²) in [7, 11) is 3.54. The van der Waals surface area contributed by atoms with Crippen LogP contribution in [0, 0.1) is 11.6 Å². The molecule has 0 radical (unpaired) electrons. The van der Waals surface area contributed by atoms with E-state index in [1.165, 1.54) is 0 Å². The summed E-state index contributed by atoms with van der Waals surface area (Å²) in [5.74, 6) is -1.79. The van der Waals surface area contributed by atoms with E-state index in [2.05, 4.69) is 0 Å². The molecule has 0 amide bonds. The van der Waals surface area contributed by atoms with Crippen LogP contribution in [0.25, 0.3) is 0 Å². The minimum Gasteiger partial charge on any atom is -0.383 e. The summed E-state index contributed by atoms with van der Waals surface area (Å²) in [6.07, 6.45) is 2.08. The van der Waals surface area contributed by atoms with Gasteiger partial charge in [-0.1, -0.05) is 6.92 Å². The number of nitrogens with zero attached hydrogens (tertiary/aromatic N) is 1. The summed E-state index contributed by atoms with van der Waals surface area (Å²) in [5.41, 5.74) is 0.222. The predicted octanol–water partition coefficient (Wildman–Crippen LogP) is 3.00. The first kappa shape index (κ1) is 13.4. The molecular weight excluding hydrogens is 224 g/mol. The van der Waals surface area contributed by atoms with Crippen LogP contribution in [0.1, 0.15) is 23.7 Å². The van der Waals surface area contributed by atoms with Crippen LogP contribution in [0.3, 0.4) is 0 Å². The summed E-state index contributed by atoms with van der Waals surface area (Å²) in [6.45, 7) is 1.80. The van der Waals surface area contributed by atoms with Crippen LogP contribution in [0.5, 0.6) is 0 Å². The second-order valence-corrected chi connectivity index (χ2v) is 3.92. The molecule has 92 valence electrons. The number of carbonyl (C=O) groups excluding carboxylic acids is 1. The fraction of sp³-hybridized carbons (Fsp3) is 0.308. The number of hydrogen-bond donors (Lipinski definition) is 0. The zero-order valence-corrected chi connectivity index (χ0v) is 10.1. The lowest BCUT2D eigenvalue weighted by atomic mass is 10.0. The lowest BCUT2D eigenvalue weighted by Crippen LogP contribution is -2.11. The number of carbonyl (C=O) groups is 1. The molecule has 17 heavy (non-hydrogen) atoms. The number of Topliss-reactive ketones (excluding diaryl/α,β-unsaturated/α-hetero) is 1. The maximum absolute atomic E-state index is 13.4. The Morgan fingerprint density at radius 2 is 2.00 bits per heavy atom. The predicted molar refractivity (Wildman–Crippen MR) is 62.7 cm³/mol. The molecule has 1 aromatic carbocycles. The molecule has 0 spiro atoms. The summed E-state index contributed by atoms with van der Waals surface area (Å²) >= 11 is 0. The number of ketones is 1. The number of halogens is 2. The molecule has 0 heterocycles. The zero-order chi connectivity index (χ0) is 13.0. The molecule has 0 fully saturated rings. The van der Waals surface area contributed by atoms with E-state index in [0.717, 1.165) is 18.2 Å². The third kappa shape index (κ3) is 3.37. The fourth-order valence-electron chi connectivity index (χ4n) is 1.47. The maximum atomic E-state index is 13.4. The SMILES string of the molecule is CC/C(=C/N(C)C)C(=O)c1cc(F)ccc1F. The van der Waals surface area contributed by atoms with Crippen LogP contribution in [0.4, 0.5) is 8.78 Å². The molecule has 0 aromatic heterocycles. The van der Waals surface area contributed by atoms with Crippen LogP contribution in [0.15, 0.2) is 30.0 Å². The van der Waals surface area contributed by atoms with Crippen LogP contribution >= 0.6 is 0 Å². The Labute approximate surface area is 99.5 Å². The zero-order valence-electron chi connectivity index (χ0n) is 10.1. The third-order valence-corrected chi connectivity index (χ3v) is 2.26. The van der Waals surface area contributed by atoms with Crippen molar-refractivity contribution in [3.05, 3.63) is 47.2 Å². The quantitative estimate of drug-likeness (QED) is 0.594. The first-order chi connectivity index (χ1) is 7.95. The monoisotopic (exact) mass is 239 g/mol. The van der Waals surface area contributed by atoms with E-state index in [1.807, 2.05) is 0 Å². The Morgan fingerprint density at radius 3 is 2.53 bits per heavy atom. The molecule has 0 aliphatic heterocycles. The van der Waals surface area contributed by atoms with Gasteiger partial charge in [0.25, 0.3) is 0 Å². The number of allylic oxidation sites excluding steroid dienone is 1. The standard InChI is InChI=1S/C13H15F2NO/c1-4-9(8-16(2)3)13(17)11-7-10(14)5-6-12(11)15/h5-8H,4H2,1-3H3/b9-8-. The first-order valence-electron chi connectivity index (χ1n) is 5.32. The number of rotatable bonds is 4. The van der Waals surface area contributed by atoms with Gasteiger partial charge >= 0.3 is 0 Å². The summed E-state index contributed by atoms with van der Waals surface area (Å²) in [5, 5.41) is 0. The van der Waals surface area contributed by atoms with Crippen molar-refractivity contribution in [2.45, 2.75) is 13.3 Å². The highest BCUT2D eigenvalue weighted by Crippen LogP contribution is 2.16. The third-order valence-electron chi connectivity index (χ3n) is 2.26. The maximum Gasteiger partial charge on any atom is 0.193 e. The Balaban J connectivity index is 3.15. The van der Waals surface area contributed by atoms with Gasteiger partial charge in [-0.05, 0) is 24.6 Å². The highest BCUT2D eigenvalue weighted by atomic mass is 19.1. The molecule has 0 N–H and O–H groups in total. The van der Waals surface area contributed by atoms with Crippen molar-refractivity contribution in [2.75, 3.05) is 14.1 Å². The van der Waals surface area contributed by atoms with Gasteiger partial charge in [0.05, 0.1) is 5.56 Å². The molecule has 2 nitrogen and oxygen atoms in total. The smallest absolute Gasteiger partial charge is 0.193 e. The minimum absolute atomic E-state index is 0.222. The Bertz CT molecular complexity index is 453. The van der Waals surface area contributed by atoms with Crippen molar-refractivity contribution in [3.63, 3.8) is 0 Å². The van der Waals surface area contributed by atoms with Crippen LogP contribution in [-0.2, 0) is 0 Å². The lowest BCUT2D eigenvalue weighted by molar-refractivity contribution is 0.102. The van der Waals surface area contributed by atoms with Crippen molar-refractivity contribution >= 4 is 5.78 Å². The van der Waals surface area contributed by atoms with E-state index in [9.17, 15) is 13.6 Å². The highest BCUT2D eigenvalue weighted by Gasteiger charge is 2.16. The Kier molecular flexibility index (Phi) is 4.37. The van der Waals surface area contributed by atoms with Crippen molar-refractivity contribution in [3.8, 4) is 0 Å². The highest BCUT2D eigenvalue weighted by molar-refractivity contribution is 6.08. The van der Waals surface area contributed by atoms with E-state index in [4.69, 9.17) is 0 Å². The van der Waals surface area contributed by atoms with Gasteiger partial charge in [0.15, 0.2) is 5.78 Å². The van der Waals surface area contributed by atoms with Crippen molar-refractivity contribution < 1.29 is 13.6 Å². The van der Waals surface area contributed by atoms with E-state index in [1.54, 1.807) is 32.1 Å². The van der Waals surface area contributed by atoms with Crippen LogP contribution in [-0.4, -0.2) is 24.8 Å². The van der Waals surface area contributed by atoms with Gasteiger partial charge in [-0.25, -0.2) is 8.78 Å². The topological polar surface area (TPSA) is 20.3 Å². The van der Waals surface area contributed by atoms with Crippen molar-refractivity contribution in [1.29, 1.82) is 0 Å². The molecule has 0 aliphatic rings. The summed E-state index contributed by atoms with van der Waals surface area (Å²) < 4.78 is 26.4. The molecule has 0 atom stereocenters. The second kappa shape index (κ2) is 5.57. The van der Waals surface area contributed by atoms with Crippen molar-refractivity contribution in [2.24, 2.45) is 0 Å². The van der Waals surface area contributed by atoms with Gasteiger partial charge in [0.2, 0.25) is 0 Å². The number of hydrogen-bond acceptors (Lipinski definition) is 2. The number of benzene rings is 1. The molecule has 0 saturated carbocycles. The van der Waals surface area contributed by atoms with Crippen LogP contribution < -0.4 is 0 Å². The van der Waals surface area contributed by atoms with Gasteiger partial charge in [-0.2, -0.15) is 0 Å². The van der Waals surface area contributed by atoms with Gasteiger partial charge in [-0.3, -0.25) is 4.79 Å². The fourth-order valence-corrected chi connectivity index (χ4v) is 1.47. The normalized spacial score (nSPS) is 11.5. The van der Waals surface area contributed by atoms with Gasteiger partial charge < -0.3 is 4.90 Å². The average Bonchev–Trinajstić information content (AvgIpc) is 2.28. The average molecular weight is 239 g/mol. The molecule has 0 bridgehead atoms. The molecule has 0 unspecified atom stereocenters. The van der Waals surface area contributed by atoms with E-state index >= 15 is 0 Å². The minimum atomic E-state index is -0.700. The van der Waals surface area contributed by atoms with Crippen molar-refractivity contribution in [1.82, 2.24) is 4.90 Å². The molecular formula is C13H15F2NO. The Hall–Kier alpha value is -1.71. The molecule has 1 aromatic rings. The first-order valence-corrected chi connectivity index (χ1v) is 5.32. The molecule has 4 heteroatoms. The van der Waals surface area contributed by atoms with Crippen LogP contribution in [0.2, 0.25) is 0 Å². The lowest BCUT2D eigenvalue weighted by Gasteiger charge is -2.10. The van der Waals surface area contributed by atoms with Gasteiger partial charge in [0, 0.05) is 25.9 Å². The van der Waals surface area contributed by atoms with Gasteiger partial charge in [-0.15, -0.1) is 0 Å². The summed E-state index contributed by atoms with van der Waals surface area (Å²) in [6, 6.07) is 2.88. The summed E-state index contributed by atoms with van der Waals surface area (Å²) in [4.78, 5) is 13.7. The Morgan fingerprint density at radius 1 is 1.35 bits per heavy atom. The van der Waals surface area contributed by atoms with E-state index in [-0.39, 0.29) is 5.56 Å². The largest absolute Gasteiger partial charge is 0.383 e. The molecule has 0 saturated heterocycles. The van der Waals surface area contributed by atoms with E-state index < -0.39 is 17.4 Å². The second-order valence-electron chi connectivity index (χ2n) is 3.92. The van der Waals surface area contributed by atoms with E-state index in [0.29, 0.717) is 12.0 Å². The molecule has 0 aliphatic carbocycles.